The fourth-order valence-corrected chi connectivity index (χ4v) is 3.96. The predicted octanol–water partition coefficient (Wildman–Crippen LogP) is 3.34. The zero-order chi connectivity index (χ0) is 22.2. The first-order chi connectivity index (χ1) is 15.0. The minimum Gasteiger partial charge on any atom is -0.469 e. The molecule has 2 heterocycles. The van der Waals surface area contributed by atoms with Crippen LogP contribution in [-0.4, -0.2) is 57.5 Å². The second-order valence-corrected chi connectivity index (χ2v) is 7.94. The van der Waals surface area contributed by atoms with Crippen LogP contribution in [0.3, 0.4) is 0 Å². The SMILES string of the molecule is CCN(CC(C)C(=O)OC)C(=O)CSc1nnc(-c2ccco2)n1Cc1ccccc1. The summed E-state index contributed by atoms with van der Waals surface area (Å²) >= 11 is 1.32. The Kier molecular flexibility index (Phi) is 7.88. The average molecular weight is 443 g/mol. The molecule has 0 radical (unpaired) electrons. The number of esters is 1. The molecule has 1 aromatic carbocycles. The average Bonchev–Trinajstić information content (AvgIpc) is 3.45. The highest BCUT2D eigenvalue weighted by Gasteiger charge is 2.22. The molecule has 164 valence electrons. The van der Waals surface area contributed by atoms with Gasteiger partial charge in [-0.05, 0) is 24.6 Å². The molecule has 0 N–H and O–H groups in total. The highest BCUT2D eigenvalue weighted by Crippen LogP contribution is 2.26. The molecule has 0 spiro atoms. The Bertz CT molecular complexity index is 988. The van der Waals surface area contributed by atoms with Crippen LogP contribution < -0.4 is 0 Å². The Morgan fingerprint density at radius 2 is 1.97 bits per heavy atom. The van der Waals surface area contributed by atoms with Crippen molar-refractivity contribution < 1.29 is 18.7 Å². The summed E-state index contributed by atoms with van der Waals surface area (Å²) < 4.78 is 12.2. The lowest BCUT2D eigenvalue weighted by molar-refractivity contribution is -0.146. The van der Waals surface area contributed by atoms with Gasteiger partial charge in [0.1, 0.15) is 0 Å². The van der Waals surface area contributed by atoms with Crippen molar-refractivity contribution in [3.63, 3.8) is 0 Å². The Balaban J connectivity index is 1.75. The highest BCUT2D eigenvalue weighted by atomic mass is 32.2. The minimum atomic E-state index is -0.383. The standard InChI is InChI=1S/C22H26N4O4S/c1-4-25(13-16(2)21(28)29-3)19(27)15-31-22-24-23-20(18-11-8-12-30-18)26(22)14-17-9-6-5-7-10-17/h5-12,16H,4,13-15H2,1-3H3. The molecule has 0 aliphatic carbocycles. The van der Waals surface area contributed by atoms with Gasteiger partial charge in [-0.15, -0.1) is 10.2 Å². The maximum atomic E-state index is 12.8. The van der Waals surface area contributed by atoms with Gasteiger partial charge in [0.05, 0.1) is 31.6 Å². The van der Waals surface area contributed by atoms with Gasteiger partial charge < -0.3 is 14.1 Å². The molecule has 0 aliphatic heterocycles. The van der Waals surface area contributed by atoms with Crippen LogP contribution in [0.2, 0.25) is 0 Å². The summed E-state index contributed by atoms with van der Waals surface area (Å²) in [6, 6.07) is 13.6. The van der Waals surface area contributed by atoms with Gasteiger partial charge in [0.2, 0.25) is 11.7 Å². The van der Waals surface area contributed by atoms with Crippen molar-refractivity contribution in [1.82, 2.24) is 19.7 Å². The fraction of sp³-hybridized carbons (Fsp3) is 0.364. The van der Waals surface area contributed by atoms with E-state index in [0.717, 1.165) is 5.56 Å². The number of benzene rings is 1. The Morgan fingerprint density at radius 3 is 2.61 bits per heavy atom. The predicted molar refractivity (Wildman–Crippen MR) is 117 cm³/mol. The maximum Gasteiger partial charge on any atom is 0.310 e. The molecule has 1 atom stereocenters. The first kappa shape index (κ1) is 22.6. The van der Waals surface area contributed by atoms with E-state index in [1.807, 2.05) is 47.9 Å². The summed E-state index contributed by atoms with van der Waals surface area (Å²) in [7, 11) is 1.35. The number of rotatable bonds is 10. The van der Waals surface area contributed by atoms with E-state index in [0.29, 0.717) is 36.4 Å². The lowest BCUT2D eigenvalue weighted by atomic mass is 10.1. The smallest absolute Gasteiger partial charge is 0.310 e. The van der Waals surface area contributed by atoms with Crippen LogP contribution in [0.25, 0.3) is 11.6 Å². The van der Waals surface area contributed by atoms with Crippen LogP contribution in [0.15, 0.2) is 58.3 Å². The van der Waals surface area contributed by atoms with Crippen LogP contribution in [0.5, 0.6) is 0 Å². The molecule has 0 fully saturated rings. The van der Waals surface area contributed by atoms with Crippen molar-refractivity contribution in [1.29, 1.82) is 0 Å². The molecule has 0 bridgehead atoms. The highest BCUT2D eigenvalue weighted by molar-refractivity contribution is 7.99. The van der Waals surface area contributed by atoms with E-state index in [4.69, 9.17) is 9.15 Å². The summed E-state index contributed by atoms with van der Waals surface area (Å²) in [6.07, 6.45) is 1.59. The Labute approximate surface area is 185 Å². The molecule has 3 rings (SSSR count). The van der Waals surface area contributed by atoms with Gasteiger partial charge in [-0.1, -0.05) is 49.0 Å². The number of carbonyl (C=O) groups excluding carboxylic acids is 2. The van der Waals surface area contributed by atoms with E-state index in [2.05, 4.69) is 10.2 Å². The zero-order valence-corrected chi connectivity index (χ0v) is 18.7. The molecule has 2 aromatic heterocycles. The van der Waals surface area contributed by atoms with Gasteiger partial charge in [0.15, 0.2) is 10.9 Å². The van der Waals surface area contributed by atoms with Gasteiger partial charge >= 0.3 is 5.97 Å². The second-order valence-electron chi connectivity index (χ2n) is 7.00. The number of aromatic nitrogens is 3. The number of nitrogens with zero attached hydrogens (tertiary/aromatic N) is 4. The number of methoxy groups -OCH3 is 1. The molecule has 31 heavy (non-hydrogen) atoms. The third kappa shape index (κ3) is 5.75. The Hall–Kier alpha value is -3.07. The van der Waals surface area contributed by atoms with Crippen LogP contribution in [0.4, 0.5) is 0 Å². The lowest BCUT2D eigenvalue weighted by Gasteiger charge is -2.23. The van der Waals surface area contributed by atoms with E-state index in [9.17, 15) is 9.59 Å². The summed E-state index contributed by atoms with van der Waals surface area (Å²) in [5.74, 6) is 0.624. The quantitative estimate of drug-likeness (QED) is 0.351. The molecule has 8 nitrogen and oxygen atoms in total. The van der Waals surface area contributed by atoms with Crippen LogP contribution in [-0.2, 0) is 20.9 Å². The van der Waals surface area contributed by atoms with Gasteiger partial charge in [0, 0.05) is 13.1 Å². The number of hydrogen-bond donors (Lipinski definition) is 0. The van der Waals surface area contributed by atoms with Crippen LogP contribution in [0.1, 0.15) is 19.4 Å². The van der Waals surface area contributed by atoms with E-state index in [-0.39, 0.29) is 23.5 Å². The third-order valence-corrected chi connectivity index (χ3v) is 5.75. The number of amides is 1. The van der Waals surface area contributed by atoms with E-state index < -0.39 is 0 Å². The molecular formula is C22H26N4O4S. The molecule has 0 saturated heterocycles. The zero-order valence-electron chi connectivity index (χ0n) is 17.9. The topological polar surface area (TPSA) is 90.5 Å². The van der Waals surface area contributed by atoms with Crippen molar-refractivity contribution in [3.05, 3.63) is 54.3 Å². The molecular weight excluding hydrogens is 416 g/mol. The molecule has 1 amide bonds. The first-order valence-corrected chi connectivity index (χ1v) is 11.0. The van der Waals surface area contributed by atoms with E-state index >= 15 is 0 Å². The van der Waals surface area contributed by atoms with Crippen molar-refractivity contribution in [2.75, 3.05) is 26.0 Å². The van der Waals surface area contributed by atoms with Gasteiger partial charge in [-0.25, -0.2) is 0 Å². The molecule has 9 heteroatoms. The fourth-order valence-electron chi connectivity index (χ4n) is 3.12. The molecule has 0 saturated carbocycles. The summed E-state index contributed by atoms with van der Waals surface area (Å²) in [6.45, 7) is 5.02. The third-order valence-electron chi connectivity index (χ3n) is 4.80. The van der Waals surface area contributed by atoms with E-state index in [1.54, 1.807) is 24.2 Å². The van der Waals surface area contributed by atoms with Crippen molar-refractivity contribution in [3.8, 4) is 11.6 Å². The number of carbonyl (C=O) groups is 2. The van der Waals surface area contributed by atoms with Crippen molar-refractivity contribution >= 4 is 23.6 Å². The number of ether oxygens (including phenoxy) is 1. The minimum absolute atomic E-state index is 0.0722. The number of furan rings is 1. The molecule has 0 aliphatic rings. The summed E-state index contributed by atoms with van der Waals surface area (Å²) in [5.41, 5.74) is 1.09. The molecule has 1 unspecified atom stereocenters. The van der Waals surface area contributed by atoms with E-state index in [1.165, 1.54) is 18.9 Å². The van der Waals surface area contributed by atoms with Gasteiger partial charge in [-0.2, -0.15) is 0 Å². The summed E-state index contributed by atoms with van der Waals surface area (Å²) in [4.78, 5) is 26.1. The Morgan fingerprint density at radius 1 is 1.19 bits per heavy atom. The van der Waals surface area contributed by atoms with Crippen molar-refractivity contribution in [2.45, 2.75) is 25.5 Å². The van der Waals surface area contributed by atoms with Gasteiger partial charge in [-0.3, -0.25) is 14.2 Å². The summed E-state index contributed by atoms with van der Waals surface area (Å²) in [5, 5.41) is 9.22. The van der Waals surface area contributed by atoms with Crippen LogP contribution >= 0.6 is 11.8 Å². The second kappa shape index (κ2) is 10.8. The monoisotopic (exact) mass is 442 g/mol. The van der Waals surface area contributed by atoms with Gasteiger partial charge in [0.25, 0.3) is 0 Å². The molecule has 3 aromatic rings. The number of thioether (sulfide) groups is 1. The lowest BCUT2D eigenvalue weighted by Crippen LogP contribution is -2.38. The normalized spacial score (nSPS) is 11.8. The first-order valence-electron chi connectivity index (χ1n) is 10.0. The van der Waals surface area contributed by atoms with Crippen LogP contribution in [0, 0.1) is 5.92 Å². The van der Waals surface area contributed by atoms with Crippen molar-refractivity contribution in [2.24, 2.45) is 5.92 Å². The largest absolute Gasteiger partial charge is 0.469 e. The number of hydrogen-bond acceptors (Lipinski definition) is 7. The maximum absolute atomic E-state index is 12.8.